The molecule has 0 radical (unpaired) electrons. The van der Waals surface area contributed by atoms with Gasteiger partial charge in [0.1, 0.15) is 17.5 Å². The van der Waals surface area contributed by atoms with E-state index in [9.17, 15) is 4.79 Å². The molecule has 9 heteroatoms. The Hall–Kier alpha value is -2.38. The van der Waals surface area contributed by atoms with Crippen molar-refractivity contribution in [3.05, 3.63) is 46.2 Å². The quantitative estimate of drug-likeness (QED) is 0.371. The number of anilines is 1. The van der Waals surface area contributed by atoms with Crippen molar-refractivity contribution in [2.75, 3.05) is 25.5 Å². The number of guanidine groups is 1. The summed E-state index contributed by atoms with van der Waals surface area (Å²) in [7, 11) is 3.54. The molecule has 0 atom stereocenters. The zero-order chi connectivity index (χ0) is 19.8. The van der Waals surface area contributed by atoms with Crippen LogP contribution in [0.5, 0.6) is 5.75 Å². The largest absolute Gasteiger partial charge is 0.492 e. The van der Waals surface area contributed by atoms with Gasteiger partial charge in [-0.05, 0) is 18.2 Å². The third-order valence-electron chi connectivity index (χ3n) is 3.69. The summed E-state index contributed by atoms with van der Waals surface area (Å²) >= 11 is 12.1. The van der Waals surface area contributed by atoms with Crippen molar-refractivity contribution in [2.24, 2.45) is 12.0 Å². The van der Waals surface area contributed by atoms with Crippen molar-refractivity contribution in [1.29, 1.82) is 0 Å². The summed E-state index contributed by atoms with van der Waals surface area (Å²) in [6.45, 7) is 2.99. The van der Waals surface area contributed by atoms with E-state index in [0.717, 1.165) is 5.69 Å². The van der Waals surface area contributed by atoms with Crippen LogP contribution in [0.2, 0.25) is 10.2 Å². The first-order chi connectivity index (χ1) is 12.9. The Balaban J connectivity index is 1.76. The van der Waals surface area contributed by atoms with Crippen molar-refractivity contribution in [1.82, 2.24) is 15.2 Å². The molecule has 0 aliphatic carbocycles. The Bertz CT molecular complexity index is 820. The summed E-state index contributed by atoms with van der Waals surface area (Å²) in [5.74, 6) is 1.20. The second-order valence-electron chi connectivity index (χ2n) is 5.74. The fraction of sp³-hybridized carbons (Fsp3) is 0.333. The van der Waals surface area contributed by atoms with Gasteiger partial charge in [-0.25, -0.2) is 0 Å². The van der Waals surface area contributed by atoms with Crippen molar-refractivity contribution >= 4 is 40.8 Å². The number of nitrogens with one attached hydrogen (secondary N) is 3. The SMILES string of the molecule is CN=C(NCCOc1cccc(NC(C)=O)c1)NCc1cc(Cl)c(Cl)n1C. The molecule has 1 aromatic carbocycles. The highest BCUT2D eigenvalue weighted by molar-refractivity contribution is 6.41. The normalized spacial score (nSPS) is 11.2. The van der Waals surface area contributed by atoms with Crippen LogP contribution in [-0.4, -0.2) is 36.6 Å². The summed E-state index contributed by atoms with van der Waals surface area (Å²) in [6, 6.07) is 9.05. The van der Waals surface area contributed by atoms with Gasteiger partial charge in [0.05, 0.1) is 18.1 Å². The van der Waals surface area contributed by atoms with Gasteiger partial charge in [-0.2, -0.15) is 0 Å². The maximum absolute atomic E-state index is 11.1. The maximum atomic E-state index is 11.1. The topological polar surface area (TPSA) is 79.7 Å². The van der Waals surface area contributed by atoms with Crippen LogP contribution in [0, 0.1) is 0 Å². The van der Waals surface area contributed by atoms with E-state index in [2.05, 4.69) is 20.9 Å². The number of carbonyl (C=O) groups excluding carboxylic acids is 1. The first-order valence-electron chi connectivity index (χ1n) is 8.35. The van der Waals surface area contributed by atoms with Crippen LogP contribution < -0.4 is 20.7 Å². The molecule has 146 valence electrons. The number of ether oxygens (including phenoxy) is 1. The smallest absolute Gasteiger partial charge is 0.221 e. The molecule has 0 bridgehead atoms. The number of hydrogen-bond acceptors (Lipinski definition) is 3. The molecule has 0 spiro atoms. The summed E-state index contributed by atoms with van der Waals surface area (Å²) < 4.78 is 7.50. The number of aromatic nitrogens is 1. The predicted octanol–water partition coefficient (Wildman–Crippen LogP) is 3.03. The van der Waals surface area contributed by atoms with Gasteiger partial charge < -0.3 is 25.3 Å². The molecule has 0 saturated heterocycles. The molecule has 0 aliphatic heterocycles. The zero-order valence-electron chi connectivity index (χ0n) is 15.5. The van der Waals surface area contributed by atoms with Crippen LogP contribution in [0.15, 0.2) is 35.3 Å². The lowest BCUT2D eigenvalue weighted by Gasteiger charge is -2.13. The lowest BCUT2D eigenvalue weighted by Crippen LogP contribution is -2.39. The molecule has 0 saturated carbocycles. The van der Waals surface area contributed by atoms with Crippen LogP contribution >= 0.6 is 23.2 Å². The molecular formula is C18H23Cl2N5O2. The Kier molecular flexibility index (Phi) is 7.82. The highest BCUT2D eigenvalue weighted by Gasteiger charge is 2.09. The van der Waals surface area contributed by atoms with E-state index >= 15 is 0 Å². The molecule has 27 heavy (non-hydrogen) atoms. The summed E-state index contributed by atoms with van der Waals surface area (Å²) in [6.07, 6.45) is 0. The summed E-state index contributed by atoms with van der Waals surface area (Å²) in [5.41, 5.74) is 1.64. The molecule has 0 unspecified atom stereocenters. The van der Waals surface area contributed by atoms with E-state index in [-0.39, 0.29) is 5.91 Å². The zero-order valence-corrected chi connectivity index (χ0v) is 17.0. The van der Waals surface area contributed by atoms with Gasteiger partial charge >= 0.3 is 0 Å². The number of nitrogens with zero attached hydrogens (tertiary/aromatic N) is 2. The van der Waals surface area contributed by atoms with E-state index < -0.39 is 0 Å². The first kappa shape index (κ1) is 20.9. The Morgan fingerprint density at radius 1 is 1.26 bits per heavy atom. The molecule has 2 aromatic rings. The van der Waals surface area contributed by atoms with Crippen LogP contribution in [0.3, 0.4) is 0 Å². The van der Waals surface area contributed by atoms with E-state index in [1.54, 1.807) is 19.2 Å². The van der Waals surface area contributed by atoms with E-state index in [4.69, 9.17) is 27.9 Å². The van der Waals surface area contributed by atoms with Crippen molar-refractivity contribution in [2.45, 2.75) is 13.5 Å². The summed E-state index contributed by atoms with van der Waals surface area (Å²) in [5, 5.41) is 10.1. The molecule has 0 fully saturated rings. The predicted molar refractivity (Wildman–Crippen MR) is 110 cm³/mol. The van der Waals surface area contributed by atoms with Gasteiger partial charge in [0.15, 0.2) is 5.96 Å². The fourth-order valence-electron chi connectivity index (χ4n) is 2.36. The van der Waals surface area contributed by atoms with E-state index in [0.29, 0.717) is 47.3 Å². The molecule has 7 nitrogen and oxygen atoms in total. The number of rotatable bonds is 7. The third kappa shape index (κ3) is 6.37. The highest BCUT2D eigenvalue weighted by atomic mass is 35.5. The minimum atomic E-state index is -0.121. The Morgan fingerprint density at radius 3 is 2.67 bits per heavy atom. The van der Waals surface area contributed by atoms with Crippen molar-refractivity contribution in [3.63, 3.8) is 0 Å². The molecule has 2 rings (SSSR count). The molecule has 0 aliphatic rings. The number of aliphatic imine (C=N–C) groups is 1. The van der Waals surface area contributed by atoms with Crippen molar-refractivity contribution in [3.8, 4) is 5.75 Å². The first-order valence-corrected chi connectivity index (χ1v) is 9.11. The lowest BCUT2D eigenvalue weighted by atomic mass is 10.3. The number of amides is 1. The fourth-order valence-corrected chi connectivity index (χ4v) is 2.77. The highest BCUT2D eigenvalue weighted by Crippen LogP contribution is 2.24. The molecule has 3 N–H and O–H groups in total. The second kappa shape index (κ2) is 10.1. The van der Waals surface area contributed by atoms with E-state index in [1.165, 1.54) is 6.92 Å². The maximum Gasteiger partial charge on any atom is 0.221 e. The van der Waals surface area contributed by atoms with Crippen LogP contribution in [0.4, 0.5) is 5.69 Å². The molecular weight excluding hydrogens is 389 g/mol. The van der Waals surface area contributed by atoms with Gasteiger partial charge in [-0.1, -0.05) is 29.3 Å². The van der Waals surface area contributed by atoms with Gasteiger partial charge in [0.25, 0.3) is 0 Å². The average Bonchev–Trinajstić information content (AvgIpc) is 2.88. The van der Waals surface area contributed by atoms with E-state index in [1.807, 2.05) is 29.8 Å². The number of benzene rings is 1. The van der Waals surface area contributed by atoms with Crippen LogP contribution in [-0.2, 0) is 18.4 Å². The number of hydrogen-bond donors (Lipinski definition) is 3. The van der Waals surface area contributed by atoms with Crippen molar-refractivity contribution < 1.29 is 9.53 Å². The van der Waals surface area contributed by atoms with Gasteiger partial charge in [0, 0.05) is 38.5 Å². The van der Waals surface area contributed by atoms with Gasteiger partial charge in [-0.15, -0.1) is 0 Å². The minimum Gasteiger partial charge on any atom is -0.492 e. The summed E-state index contributed by atoms with van der Waals surface area (Å²) in [4.78, 5) is 15.3. The number of halogens is 2. The van der Waals surface area contributed by atoms with Gasteiger partial charge in [0.2, 0.25) is 5.91 Å². The average molecular weight is 412 g/mol. The standard InChI is InChI=1S/C18H23Cl2N5O2/c1-12(26)24-13-5-4-6-15(9-13)27-8-7-22-18(21-2)23-11-14-10-16(19)17(20)25(14)3/h4-6,9-10H,7-8,11H2,1-3H3,(H,24,26)(H2,21,22,23). The monoisotopic (exact) mass is 411 g/mol. The van der Waals surface area contributed by atoms with Crippen LogP contribution in [0.25, 0.3) is 0 Å². The minimum absolute atomic E-state index is 0.121. The Labute approximate surface area is 168 Å². The molecule has 1 aromatic heterocycles. The number of carbonyl (C=O) groups is 1. The van der Waals surface area contributed by atoms with Gasteiger partial charge in [-0.3, -0.25) is 9.79 Å². The molecule has 1 heterocycles. The lowest BCUT2D eigenvalue weighted by molar-refractivity contribution is -0.114. The van der Waals surface area contributed by atoms with Crippen LogP contribution in [0.1, 0.15) is 12.6 Å². The molecule has 1 amide bonds. The third-order valence-corrected chi connectivity index (χ3v) is 4.54. The Morgan fingerprint density at radius 2 is 2.04 bits per heavy atom. The second-order valence-corrected chi connectivity index (χ2v) is 6.51.